The van der Waals surface area contributed by atoms with Crippen molar-refractivity contribution in [1.82, 2.24) is 9.55 Å². The molecule has 1 amide bonds. The number of ether oxygens (including phenoxy) is 5. The molecule has 5 aromatic rings. The lowest BCUT2D eigenvalue weighted by Gasteiger charge is -2.37. The van der Waals surface area contributed by atoms with E-state index in [1.807, 2.05) is 78.9 Å². The highest BCUT2D eigenvalue weighted by Crippen LogP contribution is 2.48. The van der Waals surface area contributed by atoms with Gasteiger partial charge in [-0.3, -0.25) is 18.4 Å². The van der Waals surface area contributed by atoms with Crippen molar-refractivity contribution in [3.8, 4) is 17.2 Å². The Bertz CT molecular complexity index is 2080. The van der Waals surface area contributed by atoms with Crippen molar-refractivity contribution in [3.63, 3.8) is 0 Å². The van der Waals surface area contributed by atoms with Gasteiger partial charge in [0.2, 0.25) is 0 Å². The number of benzene rings is 4. The van der Waals surface area contributed by atoms with E-state index in [1.165, 1.54) is 23.9 Å². The molecule has 15 heteroatoms. The number of aromatic nitrogens is 2. The van der Waals surface area contributed by atoms with Crippen LogP contribution in [0.25, 0.3) is 0 Å². The van der Waals surface area contributed by atoms with Crippen molar-refractivity contribution in [2.75, 3.05) is 40.4 Å². The average molecular weight is 758 g/mol. The number of hydrogen-bond acceptors (Lipinski definition) is 11. The smallest absolute Gasteiger partial charge is 0.472 e. The van der Waals surface area contributed by atoms with Gasteiger partial charge in [-0.15, -0.1) is 0 Å². The normalized spacial score (nSPS) is 18.1. The van der Waals surface area contributed by atoms with Gasteiger partial charge >= 0.3 is 13.5 Å². The molecule has 0 radical (unpaired) electrons. The molecule has 1 aliphatic rings. The summed E-state index contributed by atoms with van der Waals surface area (Å²) in [6, 6.07) is 32.4. The van der Waals surface area contributed by atoms with Gasteiger partial charge in [-0.1, -0.05) is 54.6 Å². The zero-order chi connectivity index (χ0) is 38.3. The summed E-state index contributed by atoms with van der Waals surface area (Å²) in [4.78, 5) is 40.6. The first-order chi connectivity index (χ1) is 26.1. The second-order valence-corrected chi connectivity index (χ2v) is 13.7. The fourth-order valence-electron chi connectivity index (χ4n) is 6.26. The molecule has 6 rings (SSSR count). The van der Waals surface area contributed by atoms with Crippen LogP contribution in [-0.2, 0) is 28.7 Å². The maximum absolute atomic E-state index is 13.3. The fourth-order valence-corrected chi connectivity index (χ4v) is 6.91. The lowest BCUT2D eigenvalue weighted by molar-refractivity contribution is -0.0937. The molecule has 1 fully saturated rings. The third kappa shape index (κ3) is 8.39. The number of rotatable bonds is 15. The third-order valence-electron chi connectivity index (χ3n) is 9.05. The van der Waals surface area contributed by atoms with Crippen LogP contribution in [0.15, 0.2) is 120 Å². The van der Waals surface area contributed by atoms with Crippen LogP contribution in [0.5, 0.6) is 17.2 Å². The number of carbonyl (C=O) groups is 1. The predicted octanol–water partition coefficient (Wildman–Crippen LogP) is 5.95. The minimum absolute atomic E-state index is 0.0219. The molecular formula is C39H40N3O11P. The molecule has 2 N–H and O–H groups in total. The molecule has 54 heavy (non-hydrogen) atoms. The molecule has 1 unspecified atom stereocenters. The van der Waals surface area contributed by atoms with Crippen molar-refractivity contribution in [1.29, 1.82) is 0 Å². The van der Waals surface area contributed by atoms with Crippen molar-refractivity contribution >= 4 is 19.5 Å². The van der Waals surface area contributed by atoms with Crippen molar-refractivity contribution in [2.24, 2.45) is 0 Å². The van der Waals surface area contributed by atoms with Crippen molar-refractivity contribution in [2.45, 2.75) is 30.5 Å². The van der Waals surface area contributed by atoms with Gasteiger partial charge in [-0.05, 0) is 71.3 Å². The monoisotopic (exact) mass is 757 g/mol. The quantitative estimate of drug-likeness (QED) is 0.0954. The van der Waals surface area contributed by atoms with Gasteiger partial charge in [0.05, 0.1) is 27.9 Å². The van der Waals surface area contributed by atoms with E-state index in [-0.39, 0.29) is 18.8 Å². The molecule has 4 atom stereocenters. The Morgan fingerprint density at radius 2 is 1.37 bits per heavy atom. The van der Waals surface area contributed by atoms with E-state index in [1.54, 1.807) is 38.5 Å². The van der Waals surface area contributed by atoms with E-state index in [9.17, 15) is 19.0 Å². The Hall–Kier alpha value is -5.34. The number of hydrogen-bond donors (Lipinski definition) is 2. The Kier molecular flexibility index (Phi) is 11.9. The van der Waals surface area contributed by atoms with Gasteiger partial charge in [-0.25, -0.2) is 9.36 Å². The molecular weight excluding hydrogens is 717 g/mol. The van der Waals surface area contributed by atoms with E-state index in [0.29, 0.717) is 22.8 Å². The lowest BCUT2D eigenvalue weighted by Crippen LogP contribution is -2.38. The van der Waals surface area contributed by atoms with Crippen LogP contribution < -0.4 is 25.2 Å². The van der Waals surface area contributed by atoms with Gasteiger partial charge in [0.25, 0.3) is 5.91 Å². The van der Waals surface area contributed by atoms with Crippen LogP contribution in [0.4, 0.5) is 5.82 Å². The maximum atomic E-state index is 13.3. The van der Waals surface area contributed by atoms with Crippen molar-refractivity contribution < 1.29 is 47.0 Å². The van der Waals surface area contributed by atoms with Crippen LogP contribution in [0.1, 0.15) is 39.7 Å². The first-order valence-corrected chi connectivity index (χ1v) is 18.3. The van der Waals surface area contributed by atoms with Gasteiger partial charge in [-0.2, -0.15) is 4.98 Å². The van der Waals surface area contributed by atoms with Crippen LogP contribution >= 0.6 is 7.82 Å². The molecule has 1 aromatic heterocycles. The zero-order valence-electron chi connectivity index (χ0n) is 30.0. The van der Waals surface area contributed by atoms with Gasteiger partial charge in [0.1, 0.15) is 47.1 Å². The summed E-state index contributed by atoms with van der Waals surface area (Å²) < 4.78 is 53.7. The van der Waals surface area contributed by atoms with E-state index in [4.69, 9.17) is 32.7 Å². The van der Waals surface area contributed by atoms with E-state index in [0.717, 1.165) is 23.8 Å². The summed E-state index contributed by atoms with van der Waals surface area (Å²) in [6.07, 6.45) is -1.65. The Morgan fingerprint density at radius 1 is 0.833 bits per heavy atom. The molecule has 1 aliphatic heterocycles. The number of phosphoric ester groups is 1. The molecule has 4 aromatic carbocycles. The van der Waals surface area contributed by atoms with Gasteiger partial charge in [0.15, 0.2) is 0 Å². The van der Waals surface area contributed by atoms with E-state index >= 15 is 0 Å². The largest absolute Gasteiger partial charge is 0.497 e. The third-order valence-corrected chi connectivity index (χ3v) is 10.1. The summed E-state index contributed by atoms with van der Waals surface area (Å²) in [7, 11) is 1.22. The molecule has 0 bridgehead atoms. The highest BCUT2D eigenvalue weighted by molar-refractivity contribution is 7.47. The van der Waals surface area contributed by atoms with Crippen LogP contribution in [0.3, 0.4) is 0 Å². The summed E-state index contributed by atoms with van der Waals surface area (Å²) in [5.74, 6) is 1.43. The number of nitrogens with zero attached hydrogens (tertiary/aromatic N) is 2. The summed E-state index contributed by atoms with van der Waals surface area (Å²) >= 11 is 0. The highest BCUT2D eigenvalue weighted by Gasteiger charge is 2.45. The molecule has 282 valence electrons. The lowest BCUT2D eigenvalue weighted by atomic mass is 9.80. The SMILES string of the molecule is COc1ccc(C(=O)Nc2ccn([C@H]3C[C@H](OP(=O)(O)OC)[C@@H](COC(c4ccccc4)(c4ccc(OC)cc4)c4ccc(OC)cc4)O3)c(=O)n2)cc1. The zero-order valence-corrected chi connectivity index (χ0v) is 30.9. The molecule has 0 aliphatic carbocycles. The van der Waals surface area contributed by atoms with E-state index < -0.39 is 43.5 Å². The van der Waals surface area contributed by atoms with Crippen LogP contribution in [-0.4, -0.2) is 67.6 Å². The predicted molar refractivity (Wildman–Crippen MR) is 198 cm³/mol. The average Bonchev–Trinajstić information content (AvgIpc) is 3.60. The summed E-state index contributed by atoms with van der Waals surface area (Å²) in [5.41, 5.74) is 0.656. The molecule has 2 heterocycles. The van der Waals surface area contributed by atoms with Crippen LogP contribution in [0, 0.1) is 0 Å². The number of carbonyl (C=O) groups excluding carboxylic acids is 1. The second kappa shape index (κ2) is 16.8. The summed E-state index contributed by atoms with van der Waals surface area (Å²) in [6.45, 7) is -0.171. The van der Waals surface area contributed by atoms with Crippen molar-refractivity contribution in [3.05, 3.63) is 148 Å². The first kappa shape index (κ1) is 38.4. The first-order valence-electron chi connectivity index (χ1n) is 16.8. The maximum Gasteiger partial charge on any atom is 0.472 e. The number of nitrogens with one attached hydrogen (secondary N) is 1. The van der Waals surface area contributed by atoms with Gasteiger partial charge < -0.3 is 33.9 Å². The molecule has 0 spiro atoms. The molecule has 14 nitrogen and oxygen atoms in total. The fraction of sp³-hybridized carbons (Fsp3) is 0.256. The van der Waals surface area contributed by atoms with Gasteiger partial charge in [0, 0.05) is 25.3 Å². The Morgan fingerprint density at radius 3 is 1.89 bits per heavy atom. The number of amides is 1. The number of methoxy groups -OCH3 is 3. The summed E-state index contributed by atoms with van der Waals surface area (Å²) in [5, 5.41) is 2.62. The molecule has 1 saturated heterocycles. The van der Waals surface area contributed by atoms with E-state index in [2.05, 4.69) is 10.3 Å². The topological polar surface area (TPSA) is 166 Å². The number of anilines is 1. The Balaban J connectivity index is 1.32. The second-order valence-electron chi connectivity index (χ2n) is 12.2. The van der Waals surface area contributed by atoms with Crippen LogP contribution in [0.2, 0.25) is 0 Å². The molecule has 0 saturated carbocycles. The standard InChI is InChI=1S/C39H40N3O11P/c1-47-30-16-10-26(11-17-30)37(43)40-35-22-23-42(38(44)41-35)36-24-33(53-54(45,46)50-4)34(52-36)25-51-39(27-8-6-5-7-9-27,28-12-18-31(48-2)19-13-28)29-14-20-32(49-3)21-15-29/h5-23,33-34,36H,24-25H2,1-4H3,(H,45,46)(H,40,41,43,44)/t33-,34+,36+/m0/s1. The number of phosphoric acid groups is 1. The Labute approximate surface area is 311 Å². The minimum atomic E-state index is -4.53. The minimum Gasteiger partial charge on any atom is -0.497 e. The highest BCUT2D eigenvalue weighted by atomic mass is 31.2.